The molecular formula is C25H30O2. The molecule has 0 saturated heterocycles. The van der Waals surface area contributed by atoms with Crippen LogP contribution in [0.15, 0.2) is 48.5 Å². The quantitative estimate of drug-likeness (QED) is 0.669. The van der Waals surface area contributed by atoms with Crippen molar-refractivity contribution >= 4 is 12.0 Å². The molecule has 142 valence electrons. The van der Waals surface area contributed by atoms with Gasteiger partial charge in [-0.1, -0.05) is 77.1 Å². The number of fused-ring (bicyclic) bond motifs is 1. The fourth-order valence-corrected chi connectivity index (χ4v) is 3.99. The fraction of sp³-hybridized carbons (Fsp3) is 0.400. The van der Waals surface area contributed by atoms with Gasteiger partial charge >= 0.3 is 5.97 Å². The lowest BCUT2D eigenvalue weighted by atomic mass is 9.63. The largest absolute Gasteiger partial charge is 0.478 e. The lowest BCUT2D eigenvalue weighted by Crippen LogP contribution is -2.33. The van der Waals surface area contributed by atoms with E-state index in [1.54, 1.807) is 12.1 Å². The molecule has 0 aromatic heterocycles. The van der Waals surface area contributed by atoms with Crippen LogP contribution in [0.1, 0.15) is 86.0 Å². The van der Waals surface area contributed by atoms with Crippen molar-refractivity contribution < 1.29 is 9.90 Å². The molecule has 1 N–H and O–H groups in total. The van der Waals surface area contributed by atoms with Crippen LogP contribution in [0.25, 0.3) is 6.08 Å². The summed E-state index contributed by atoms with van der Waals surface area (Å²) in [6, 6.07) is 14.0. The second-order valence-electron chi connectivity index (χ2n) is 9.15. The normalized spacial score (nSPS) is 18.9. The van der Waals surface area contributed by atoms with Crippen LogP contribution in [0.2, 0.25) is 0 Å². The molecule has 2 heteroatoms. The van der Waals surface area contributed by atoms with Crippen LogP contribution >= 0.6 is 0 Å². The second-order valence-corrected chi connectivity index (χ2v) is 9.15. The molecule has 27 heavy (non-hydrogen) atoms. The van der Waals surface area contributed by atoms with Crippen LogP contribution in [-0.4, -0.2) is 11.1 Å². The molecule has 0 aliphatic heterocycles. The monoisotopic (exact) mass is 362 g/mol. The third-order valence-electron chi connectivity index (χ3n) is 6.14. The van der Waals surface area contributed by atoms with Crippen molar-refractivity contribution in [2.24, 2.45) is 0 Å². The topological polar surface area (TPSA) is 37.3 Å². The predicted molar refractivity (Wildman–Crippen MR) is 113 cm³/mol. The number of hydrogen-bond donors (Lipinski definition) is 1. The fourth-order valence-electron chi connectivity index (χ4n) is 3.99. The molecule has 0 spiro atoms. The molecule has 3 rings (SSSR count). The van der Waals surface area contributed by atoms with Gasteiger partial charge in [-0.05, 0) is 64.0 Å². The van der Waals surface area contributed by atoms with E-state index in [-0.39, 0.29) is 10.8 Å². The molecule has 2 aromatic carbocycles. The predicted octanol–water partition coefficient (Wildman–Crippen LogP) is 6.55. The maximum absolute atomic E-state index is 11.0. The maximum atomic E-state index is 11.0. The van der Waals surface area contributed by atoms with Crippen LogP contribution in [0, 0.1) is 0 Å². The van der Waals surface area contributed by atoms with Gasteiger partial charge in [-0.3, -0.25) is 0 Å². The summed E-state index contributed by atoms with van der Waals surface area (Å²) >= 11 is 0. The van der Waals surface area contributed by atoms with Crippen LogP contribution < -0.4 is 0 Å². The number of allylic oxidation sites excluding steroid dienone is 1. The average Bonchev–Trinajstić information content (AvgIpc) is 2.63. The van der Waals surface area contributed by atoms with Gasteiger partial charge in [0.25, 0.3) is 0 Å². The van der Waals surface area contributed by atoms with Gasteiger partial charge in [0, 0.05) is 0 Å². The first kappa shape index (κ1) is 19.4. The summed E-state index contributed by atoms with van der Waals surface area (Å²) in [6.07, 6.45) is 6.72. The van der Waals surface area contributed by atoms with Gasteiger partial charge in [0.05, 0.1) is 5.56 Å². The number of hydrogen-bond acceptors (Lipinski definition) is 1. The number of rotatable bonds is 4. The van der Waals surface area contributed by atoms with Gasteiger partial charge in [-0.25, -0.2) is 4.79 Å². The summed E-state index contributed by atoms with van der Waals surface area (Å²) in [5.74, 6) is -0.589. The van der Waals surface area contributed by atoms with E-state index in [1.807, 2.05) is 12.1 Å². The molecule has 0 amide bonds. The Morgan fingerprint density at radius 3 is 2.15 bits per heavy atom. The SMILES string of the molecule is CC(/C=C/c1ccc(C(=O)O)cc1)c1ccc2c(c1)C(C)(C)CCC2(C)C. The molecule has 2 nitrogen and oxygen atoms in total. The van der Waals surface area contributed by atoms with E-state index in [0.717, 1.165) is 5.56 Å². The minimum Gasteiger partial charge on any atom is -0.478 e. The van der Waals surface area contributed by atoms with Gasteiger partial charge in [0.15, 0.2) is 0 Å². The van der Waals surface area contributed by atoms with Crippen molar-refractivity contribution in [2.45, 2.75) is 64.2 Å². The molecule has 0 fully saturated rings. The molecule has 0 radical (unpaired) electrons. The van der Waals surface area contributed by atoms with Crippen LogP contribution in [0.4, 0.5) is 0 Å². The van der Waals surface area contributed by atoms with Gasteiger partial charge < -0.3 is 5.11 Å². The smallest absolute Gasteiger partial charge is 0.335 e. The second kappa shape index (κ2) is 6.99. The first-order valence-electron chi connectivity index (χ1n) is 9.77. The Bertz CT molecular complexity index is 870. The van der Waals surface area contributed by atoms with Crippen LogP contribution in [0.3, 0.4) is 0 Å². The van der Waals surface area contributed by atoms with Gasteiger partial charge in [-0.2, -0.15) is 0 Å². The lowest BCUT2D eigenvalue weighted by Gasteiger charge is -2.42. The van der Waals surface area contributed by atoms with E-state index in [2.05, 4.69) is 65.0 Å². The standard InChI is InChI=1S/C25H30O2/c1-17(6-7-18-8-10-19(11-9-18)23(26)27)20-12-13-21-22(16-20)25(4,5)15-14-24(21,2)3/h6-13,16-17H,14-15H2,1-5H3,(H,26,27)/b7-6+. The van der Waals surface area contributed by atoms with E-state index in [1.165, 1.54) is 29.5 Å². The molecule has 0 heterocycles. The van der Waals surface area contributed by atoms with Crippen molar-refractivity contribution in [3.63, 3.8) is 0 Å². The van der Waals surface area contributed by atoms with Crippen molar-refractivity contribution in [1.29, 1.82) is 0 Å². The zero-order valence-electron chi connectivity index (χ0n) is 17.0. The Labute approximate surface area is 162 Å². The Kier molecular flexibility index (Phi) is 5.03. The van der Waals surface area contributed by atoms with E-state index in [4.69, 9.17) is 5.11 Å². The Morgan fingerprint density at radius 1 is 0.963 bits per heavy atom. The molecule has 0 saturated carbocycles. The third kappa shape index (κ3) is 4.00. The molecule has 1 aliphatic rings. The van der Waals surface area contributed by atoms with Gasteiger partial charge in [0.1, 0.15) is 0 Å². The number of carboxylic acids is 1. The Balaban J connectivity index is 1.85. The first-order chi connectivity index (χ1) is 12.6. The number of aromatic carboxylic acids is 1. The van der Waals surface area contributed by atoms with Crippen molar-refractivity contribution in [2.75, 3.05) is 0 Å². The lowest BCUT2D eigenvalue weighted by molar-refractivity contribution is 0.0697. The maximum Gasteiger partial charge on any atom is 0.335 e. The summed E-state index contributed by atoms with van der Waals surface area (Å²) in [7, 11) is 0. The highest BCUT2D eigenvalue weighted by atomic mass is 16.4. The minimum atomic E-state index is -0.890. The molecule has 1 unspecified atom stereocenters. The summed E-state index contributed by atoms with van der Waals surface area (Å²) in [5, 5.41) is 9.00. The Hall–Kier alpha value is -2.35. The summed E-state index contributed by atoms with van der Waals surface area (Å²) in [5.41, 5.74) is 6.11. The zero-order valence-corrected chi connectivity index (χ0v) is 17.0. The van der Waals surface area contributed by atoms with Crippen LogP contribution in [-0.2, 0) is 10.8 Å². The summed E-state index contributed by atoms with van der Waals surface area (Å²) in [4.78, 5) is 11.0. The van der Waals surface area contributed by atoms with E-state index >= 15 is 0 Å². The highest BCUT2D eigenvalue weighted by Gasteiger charge is 2.37. The summed E-state index contributed by atoms with van der Waals surface area (Å²) in [6.45, 7) is 11.6. The van der Waals surface area contributed by atoms with Crippen molar-refractivity contribution in [3.8, 4) is 0 Å². The van der Waals surface area contributed by atoms with E-state index < -0.39 is 5.97 Å². The zero-order chi connectivity index (χ0) is 19.8. The van der Waals surface area contributed by atoms with Gasteiger partial charge in [0.2, 0.25) is 0 Å². The molecule has 0 bridgehead atoms. The van der Waals surface area contributed by atoms with Crippen molar-refractivity contribution in [3.05, 3.63) is 76.4 Å². The molecule has 1 aliphatic carbocycles. The highest BCUT2D eigenvalue weighted by Crippen LogP contribution is 2.46. The van der Waals surface area contributed by atoms with E-state index in [0.29, 0.717) is 11.5 Å². The minimum absolute atomic E-state index is 0.219. The number of carbonyl (C=O) groups is 1. The Morgan fingerprint density at radius 2 is 1.56 bits per heavy atom. The first-order valence-corrected chi connectivity index (χ1v) is 9.77. The molecule has 1 atom stereocenters. The molecule has 2 aromatic rings. The highest BCUT2D eigenvalue weighted by molar-refractivity contribution is 5.87. The van der Waals surface area contributed by atoms with E-state index in [9.17, 15) is 4.79 Å². The third-order valence-corrected chi connectivity index (χ3v) is 6.14. The van der Waals surface area contributed by atoms with Gasteiger partial charge in [-0.15, -0.1) is 0 Å². The summed E-state index contributed by atoms with van der Waals surface area (Å²) < 4.78 is 0. The van der Waals surface area contributed by atoms with Crippen LogP contribution in [0.5, 0.6) is 0 Å². The van der Waals surface area contributed by atoms with Crippen molar-refractivity contribution in [1.82, 2.24) is 0 Å². The molecular weight excluding hydrogens is 332 g/mol. The number of benzene rings is 2. The number of carboxylic acid groups (broad SMARTS) is 1. The average molecular weight is 363 g/mol.